The van der Waals surface area contributed by atoms with Crippen LogP contribution in [0.5, 0.6) is 5.75 Å². The number of benzene rings is 1. The number of anilines is 1. The summed E-state index contributed by atoms with van der Waals surface area (Å²) in [5.74, 6) is 0.440. The summed E-state index contributed by atoms with van der Waals surface area (Å²) in [6, 6.07) is 12.8. The maximum Gasteiger partial charge on any atom is 0.279 e. The predicted octanol–water partition coefficient (Wildman–Crippen LogP) is 4.24. The fourth-order valence-corrected chi connectivity index (χ4v) is 4.29. The number of thiophene rings is 1. The lowest BCUT2D eigenvalue weighted by Crippen LogP contribution is -2.15. The third-order valence-electron chi connectivity index (χ3n) is 3.72. The van der Waals surface area contributed by atoms with E-state index in [4.69, 9.17) is 4.74 Å². The number of aromatic nitrogens is 1. The Kier molecular flexibility index (Phi) is 4.78. The molecule has 0 saturated carbocycles. The highest BCUT2D eigenvalue weighted by Crippen LogP contribution is 2.31. The van der Waals surface area contributed by atoms with Crippen molar-refractivity contribution >= 4 is 27.0 Å². The standard InChI is InChI=1S/C18H18N2O3S2/c1-12-4-6-14(17-7-5-13(2)24-17)10-16(12)20-25(21,22)18-11-15(23-3)8-9-19-18/h4-11,20H,1-3H3. The molecule has 25 heavy (non-hydrogen) atoms. The highest BCUT2D eigenvalue weighted by atomic mass is 32.2. The lowest BCUT2D eigenvalue weighted by Gasteiger charge is -2.12. The Morgan fingerprint density at radius 3 is 2.56 bits per heavy atom. The number of sulfonamides is 1. The average molecular weight is 374 g/mol. The Bertz CT molecular complexity index is 1010. The van der Waals surface area contributed by atoms with E-state index in [1.165, 1.54) is 24.3 Å². The summed E-state index contributed by atoms with van der Waals surface area (Å²) in [6.07, 6.45) is 1.41. The molecule has 130 valence electrons. The van der Waals surface area contributed by atoms with Crippen LogP contribution in [0.15, 0.2) is 53.7 Å². The second-order valence-electron chi connectivity index (χ2n) is 5.58. The fraction of sp³-hybridized carbons (Fsp3) is 0.167. The molecule has 1 N–H and O–H groups in total. The smallest absolute Gasteiger partial charge is 0.279 e. The molecule has 0 unspecified atom stereocenters. The number of nitrogens with one attached hydrogen (secondary N) is 1. The molecule has 2 aromatic heterocycles. The molecule has 0 spiro atoms. The van der Waals surface area contributed by atoms with Crippen molar-refractivity contribution in [3.8, 4) is 16.2 Å². The molecule has 0 atom stereocenters. The summed E-state index contributed by atoms with van der Waals surface area (Å²) in [7, 11) is -2.32. The number of ether oxygens (including phenoxy) is 1. The van der Waals surface area contributed by atoms with E-state index in [2.05, 4.69) is 9.71 Å². The minimum atomic E-state index is -3.80. The molecule has 3 aromatic rings. The Morgan fingerprint density at radius 1 is 1.08 bits per heavy atom. The van der Waals surface area contributed by atoms with Crippen LogP contribution in [0.3, 0.4) is 0 Å². The van der Waals surface area contributed by atoms with Crippen LogP contribution in [-0.4, -0.2) is 20.5 Å². The van der Waals surface area contributed by atoms with Crippen LogP contribution in [0.2, 0.25) is 0 Å². The van der Waals surface area contributed by atoms with Gasteiger partial charge in [-0.3, -0.25) is 4.72 Å². The van der Waals surface area contributed by atoms with Gasteiger partial charge in [0.05, 0.1) is 12.8 Å². The molecule has 3 rings (SSSR count). The zero-order chi connectivity index (χ0) is 18.0. The molecule has 0 aliphatic heterocycles. The Balaban J connectivity index is 1.96. The Morgan fingerprint density at radius 2 is 1.88 bits per heavy atom. The number of pyridine rings is 1. The molecule has 0 fully saturated rings. The van der Waals surface area contributed by atoms with Crippen molar-refractivity contribution in [1.29, 1.82) is 0 Å². The van der Waals surface area contributed by atoms with E-state index >= 15 is 0 Å². The van der Waals surface area contributed by atoms with Crippen molar-refractivity contribution in [2.24, 2.45) is 0 Å². The Hall–Kier alpha value is -2.38. The number of hydrogen-bond donors (Lipinski definition) is 1. The van der Waals surface area contributed by atoms with E-state index in [-0.39, 0.29) is 5.03 Å². The van der Waals surface area contributed by atoms with Gasteiger partial charge in [-0.05, 0) is 49.2 Å². The van der Waals surface area contributed by atoms with Crippen LogP contribution in [0.25, 0.3) is 10.4 Å². The number of rotatable bonds is 5. The molecule has 0 bridgehead atoms. The van der Waals surface area contributed by atoms with E-state index in [9.17, 15) is 8.42 Å². The second-order valence-corrected chi connectivity index (χ2v) is 8.50. The third-order valence-corrected chi connectivity index (χ3v) is 6.04. The molecular formula is C18H18N2O3S2. The van der Waals surface area contributed by atoms with E-state index in [0.717, 1.165) is 16.0 Å². The zero-order valence-electron chi connectivity index (χ0n) is 14.1. The van der Waals surface area contributed by atoms with Crippen LogP contribution in [0.4, 0.5) is 5.69 Å². The van der Waals surface area contributed by atoms with E-state index < -0.39 is 10.0 Å². The van der Waals surface area contributed by atoms with E-state index in [1.807, 2.05) is 44.2 Å². The van der Waals surface area contributed by atoms with Crippen LogP contribution < -0.4 is 9.46 Å². The van der Waals surface area contributed by atoms with Gasteiger partial charge in [0.1, 0.15) is 5.75 Å². The SMILES string of the molecule is COc1ccnc(S(=O)(=O)Nc2cc(-c3ccc(C)s3)ccc2C)c1. The van der Waals surface area contributed by atoms with Crippen molar-refractivity contribution in [3.05, 3.63) is 59.1 Å². The van der Waals surface area contributed by atoms with Crippen molar-refractivity contribution in [3.63, 3.8) is 0 Å². The quantitative estimate of drug-likeness (QED) is 0.725. The van der Waals surface area contributed by atoms with Gasteiger partial charge in [0.2, 0.25) is 0 Å². The van der Waals surface area contributed by atoms with E-state index in [1.54, 1.807) is 17.4 Å². The normalized spacial score (nSPS) is 11.3. The lowest BCUT2D eigenvalue weighted by molar-refractivity contribution is 0.412. The van der Waals surface area contributed by atoms with Crippen molar-refractivity contribution in [2.75, 3.05) is 11.8 Å². The summed E-state index contributed by atoms with van der Waals surface area (Å²) in [6.45, 7) is 3.90. The molecule has 0 amide bonds. The molecule has 7 heteroatoms. The number of hydrogen-bond acceptors (Lipinski definition) is 5. The molecule has 2 heterocycles. The molecule has 0 saturated heterocycles. The molecule has 5 nitrogen and oxygen atoms in total. The first-order valence-corrected chi connectivity index (χ1v) is 9.89. The first-order valence-electron chi connectivity index (χ1n) is 7.59. The average Bonchev–Trinajstić information content (AvgIpc) is 3.03. The zero-order valence-corrected chi connectivity index (χ0v) is 15.7. The number of nitrogens with zero attached hydrogens (tertiary/aromatic N) is 1. The Labute approximate surface area is 151 Å². The molecule has 0 aliphatic carbocycles. The van der Waals surface area contributed by atoms with Gasteiger partial charge in [-0.15, -0.1) is 11.3 Å². The van der Waals surface area contributed by atoms with Crippen molar-refractivity contribution < 1.29 is 13.2 Å². The van der Waals surface area contributed by atoms with Crippen LogP contribution in [0, 0.1) is 13.8 Å². The second kappa shape index (κ2) is 6.85. The van der Waals surface area contributed by atoms with Crippen LogP contribution >= 0.6 is 11.3 Å². The van der Waals surface area contributed by atoms with Crippen molar-refractivity contribution in [2.45, 2.75) is 18.9 Å². The maximum atomic E-state index is 12.6. The lowest BCUT2D eigenvalue weighted by atomic mass is 10.1. The number of methoxy groups -OCH3 is 1. The minimum absolute atomic E-state index is 0.0800. The van der Waals surface area contributed by atoms with Crippen LogP contribution in [-0.2, 0) is 10.0 Å². The van der Waals surface area contributed by atoms with Gasteiger partial charge in [-0.25, -0.2) is 4.98 Å². The first kappa shape index (κ1) is 17.4. The molecule has 1 aromatic carbocycles. The largest absolute Gasteiger partial charge is 0.497 e. The van der Waals surface area contributed by atoms with Gasteiger partial charge in [0, 0.05) is 22.0 Å². The van der Waals surface area contributed by atoms with Gasteiger partial charge in [0.25, 0.3) is 10.0 Å². The van der Waals surface area contributed by atoms with Gasteiger partial charge in [-0.1, -0.05) is 12.1 Å². The summed E-state index contributed by atoms with van der Waals surface area (Å²) in [5, 5.41) is -0.0800. The summed E-state index contributed by atoms with van der Waals surface area (Å²) in [5.41, 5.74) is 2.34. The first-order chi connectivity index (χ1) is 11.9. The monoisotopic (exact) mass is 374 g/mol. The maximum absolute atomic E-state index is 12.6. The highest BCUT2D eigenvalue weighted by molar-refractivity contribution is 7.92. The summed E-state index contributed by atoms with van der Waals surface area (Å²) >= 11 is 1.67. The van der Waals surface area contributed by atoms with Crippen molar-refractivity contribution in [1.82, 2.24) is 4.98 Å². The van der Waals surface area contributed by atoms with Gasteiger partial charge >= 0.3 is 0 Å². The summed E-state index contributed by atoms with van der Waals surface area (Å²) < 4.78 is 33.0. The number of aryl methyl sites for hydroxylation is 2. The van der Waals surface area contributed by atoms with Gasteiger partial charge in [0.15, 0.2) is 5.03 Å². The molecule has 0 aliphatic rings. The van der Waals surface area contributed by atoms with Gasteiger partial charge < -0.3 is 4.74 Å². The van der Waals surface area contributed by atoms with Crippen LogP contribution in [0.1, 0.15) is 10.4 Å². The fourth-order valence-electron chi connectivity index (χ4n) is 2.34. The van der Waals surface area contributed by atoms with Gasteiger partial charge in [-0.2, -0.15) is 8.42 Å². The minimum Gasteiger partial charge on any atom is -0.497 e. The molecular weight excluding hydrogens is 356 g/mol. The summed E-state index contributed by atoms with van der Waals surface area (Å²) in [4.78, 5) is 6.24. The topological polar surface area (TPSA) is 68.3 Å². The molecule has 0 radical (unpaired) electrons. The van der Waals surface area contributed by atoms with E-state index in [0.29, 0.717) is 11.4 Å². The third kappa shape index (κ3) is 3.83. The predicted molar refractivity (Wildman–Crippen MR) is 101 cm³/mol. The highest BCUT2D eigenvalue weighted by Gasteiger charge is 2.18.